The Bertz CT molecular complexity index is 843. The fraction of sp³-hybridized carbons (Fsp3) is 0.800. The third-order valence-corrected chi connectivity index (χ3v) is 11.2. The van der Waals surface area contributed by atoms with Crippen molar-refractivity contribution >= 4 is 0 Å². The first kappa shape index (κ1) is 24.3. The summed E-state index contributed by atoms with van der Waals surface area (Å²) in [7, 11) is 0. The molecule has 0 bridgehead atoms. The molecule has 4 rings (SSSR count). The van der Waals surface area contributed by atoms with Gasteiger partial charge in [0, 0.05) is 5.41 Å². The van der Waals surface area contributed by atoms with Crippen LogP contribution in [-0.2, 0) is 0 Å². The molecule has 8 atom stereocenters. The maximum atomic E-state index is 11.6. The maximum absolute atomic E-state index is 11.6. The average Bonchev–Trinajstić information content (AvgIpc) is 2.92. The SMILES string of the molecule is CC(C)=CCC[C@@H](C)[C@@H]1C[C@H](O)[C@@]2(C)C3=CC[C@H]4C(C)(C)[C@@H](O)CC[C@]4(C)C3=CC[C@]12C. The highest BCUT2D eigenvalue weighted by atomic mass is 16.3. The minimum atomic E-state index is -0.277. The zero-order valence-electron chi connectivity index (χ0n) is 22.0. The van der Waals surface area contributed by atoms with Gasteiger partial charge in [-0.3, -0.25) is 0 Å². The number of allylic oxidation sites excluding steroid dienone is 5. The van der Waals surface area contributed by atoms with Crippen molar-refractivity contribution in [3.63, 3.8) is 0 Å². The van der Waals surface area contributed by atoms with Gasteiger partial charge in [0.05, 0.1) is 12.2 Å². The molecule has 2 heteroatoms. The normalized spacial score (nSPS) is 45.7. The van der Waals surface area contributed by atoms with Crippen LogP contribution in [0.15, 0.2) is 34.9 Å². The van der Waals surface area contributed by atoms with Gasteiger partial charge in [-0.05, 0) is 104 Å². The summed E-state index contributed by atoms with van der Waals surface area (Å²) in [6, 6.07) is 0. The molecule has 0 saturated heterocycles. The lowest BCUT2D eigenvalue weighted by molar-refractivity contribution is -0.0872. The van der Waals surface area contributed by atoms with Crippen molar-refractivity contribution in [2.24, 2.45) is 39.4 Å². The minimum Gasteiger partial charge on any atom is -0.393 e. The Morgan fingerprint density at radius 1 is 1.06 bits per heavy atom. The molecule has 0 spiro atoms. The second-order valence-electron chi connectivity index (χ2n) is 13.3. The molecule has 0 radical (unpaired) electrons. The number of hydrogen-bond acceptors (Lipinski definition) is 2. The molecule has 2 saturated carbocycles. The number of aliphatic hydroxyl groups excluding tert-OH is 2. The van der Waals surface area contributed by atoms with Gasteiger partial charge in [0.1, 0.15) is 0 Å². The van der Waals surface area contributed by atoms with Crippen molar-refractivity contribution in [1.29, 1.82) is 0 Å². The summed E-state index contributed by atoms with van der Waals surface area (Å²) in [5.74, 6) is 1.61. The molecule has 180 valence electrons. The van der Waals surface area contributed by atoms with Crippen molar-refractivity contribution in [2.75, 3.05) is 0 Å². The Morgan fingerprint density at radius 3 is 2.41 bits per heavy atom. The van der Waals surface area contributed by atoms with Crippen molar-refractivity contribution < 1.29 is 10.2 Å². The lowest BCUT2D eigenvalue weighted by Gasteiger charge is -2.61. The van der Waals surface area contributed by atoms with E-state index in [1.54, 1.807) is 0 Å². The second kappa shape index (κ2) is 7.84. The van der Waals surface area contributed by atoms with Gasteiger partial charge in [0.25, 0.3) is 0 Å². The van der Waals surface area contributed by atoms with Crippen LogP contribution in [0.5, 0.6) is 0 Å². The summed E-state index contributed by atoms with van der Waals surface area (Å²) >= 11 is 0. The van der Waals surface area contributed by atoms with Gasteiger partial charge in [-0.15, -0.1) is 0 Å². The predicted octanol–water partition coefficient (Wildman–Crippen LogP) is 7.23. The van der Waals surface area contributed by atoms with Crippen LogP contribution >= 0.6 is 0 Å². The molecule has 2 nitrogen and oxygen atoms in total. The van der Waals surface area contributed by atoms with E-state index in [2.05, 4.69) is 73.6 Å². The smallest absolute Gasteiger partial charge is 0.0642 e. The molecule has 0 aliphatic heterocycles. The van der Waals surface area contributed by atoms with E-state index in [4.69, 9.17) is 0 Å². The van der Waals surface area contributed by atoms with E-state index in [0.29, 0.717) is 17.8 Å². The van der Waals surface area contributed by atoms with E-state index >= 15 is 0 Å². The number of fused-ring (bicyclic) bond motifs is 5. The standard InChI is InChI=1S/C30H48O2/c1-19(2)10-9-11-20(3)23-18-26(32)30(8)22-12-13-24-27(4,5)25(31)15-16-28(24,6)21(22)14-17-29(23,30)7/h10,12,14,20,23-26,31-32H,9,11,13,15-18H2,1-8H3/t20-,23+,24+,25+,26+,28-,29-,30-/m1/s1. The molecule has 0 aromatic heterocycles. The zero-order chi connectivity index (χ0) is 23.7. The van der Waals surface area contributed by atoms with E-state index in [-0.39, 0.29) is 33.9 Å². The highest BCUT2D eigenvalue weighted by Crippen LogP contribution is 2.71. The van der Waals surface area contributed by atoms with Crippen LogP contribution in [0.3, 0.4) is 0 Å². The lowest BCUT2D eigenvalue weighted by atomic mass is 9.44. The van der Waals surface area contributed by atoms with Gasteiger partial charge in [-0.25, -0.2) is 0 Å². The van der Waals surface area contributed by atoms with E-state index in [9.17, 15) is 10.2 Å². The van der Waals surface area contributed by atoms with Crippen LogP contribution in [0.1, 0.15) is 100 Å². The topological polar surface area (TPSA) is 40.5 Å². The number of rotatable bonds is 4. The van der Waals surface area contributed by atoms with Crippen LogP contribution in [-0.4, -0.2) is 22.4 Å². The molecule has 0 amide bonds. The van der Waals surface area contributed by atoms with E-state index in [0.717, 1.165) is 38.5 Å². The van der Waals surface area contributed by atoms with Gasteiger partial charge in [-0.1, -0.05) is 65.3 Å². The Morgan fingerprint density at radius 2 is 1.75 bits per heavy atom. The van der Waals surface area contributed by atoms with Crippen molar-refractivity contribution in [2.45, 2.75) is 113 Å². The second-order valence-corrected chi connectivity index (χ2v) is 13.3. The fourth-order valence-electron chi connectivity index (χ4n) is 8.77. The molecule has 4 aliphatic rings. The van der Waals surface area contributed by atoms with Crippen LogP contribution in [0, 0.1) is 39.4 Å². The predicted molar refractivity (Wildman–Crippen MR) is 134 cm³/mol. The highest BCUT2D eigenvalue weighted by molar-refractivity contribution is 5.50. The molecule has 32 heavy (non-hydrogen) atoms. The summed E-state index contributed by atoms with van der Waals surface area (Å²) in [6.45, 7) is 18.6. The average molecular weight is 441 g/mol. The van der Waals surface area contributed by atoms with E-state index < -0.39 is 0 Å². The highest BCUT2D eigenvalue weighted by Gasteiger charge is 2.66. The monoisotopic (exact) mass is 440 g/mol. The third kappa shape index (κ3) is 3.18. The summed E-state index contributed by atoms with van der Waals surface area (Å²) in [5, 5.41) is 22.4. The maximum Gasteiger partial charge on any atom is 0.0642 e. The van der Waals surface area contributed by atoms with Gasteiger partial charge in [0.15, 0.2) is 0 Å². The number of aliphatic hydroxyl groups is 2. The van der Waals surface area contributed by atoms with Crippen molar-refractivity contribution in [3.8, 4) is 0 Å². The molecule has 2 N–H and O–H groups in total. The van der Waals surface area contributed by atoms with Gasteiger partial charge >= 0.3 is 0 Å². The largest absolute Gasteiger partial charge is 0.393 e. The minimum absolute atomic E-state index is 0.0756. The van der Waals surface area contributed by atoms with Crippen LogP contribution in [0.25, 0.3) is 0 Å². The Balaban J connectivity index is 1.70. The molecule has 2 fully saturated rings. The Hall–Kier alpha value is -0.860. The lowest BCUT2D eigenvalue weighted by Crippen LogP contribution is -2.55. The van der Waals surface area contributed by atoms with Gasteiger partial charge in [-0.2, -0.15) is 0 Å². The first-order chi connectivity index (χ1) is 14.8. The molecular formula is C30H48O2. The molecule has 0 aromatic carbocycles. The molecular weight excluding hydrogens is 392 g/mol. The quantitative estimate of drug-likeness (QED) is 0.453. The van der Waals surface area contributed by atoms with Gasteiger partial charge < -0.3 is 10.2 Å². The Kier molecular flexibility index (Phi) is 5.95. The molecule has 0 heterocycles. The van der Waals surface area contributed by atoms with E-state index in [1.807, 2.05) is 0 Å². The molecule has 4 aliphatic carbocycles. The third-order valence-electron chi connectivity index (χ3n) is 11.2. The summed E-state index contributed by atoms with van der Waals surface area (Å²) in [4.78, 5) is 0. The van der Waals surface area contributed by atoms with Crippen molar-refractivity contribution in [3.05, 3.63) is 34.9 Å². The van der Waals surface area contributed by atoms with Crippen LogP contribution < -0.4 is 0 Å². The first-order valence-corrected chi connectivity index (χ1v) is 13.2. The summed E-state index contributed by atoms with van der Waals surface area (Å²) < 4.78 is 0. The summed E-state index contributed by atoms with van der Waals surface area (Å²) in [5.41, 5.74) is 4.30. The van der Waals surface area contributed by atoms with Crippen LogP contribution in [0.2, 0.25) is 0 Å². The van der Waals surface area contributed by atoms with Crippen LogP contribution in [0.4, 0.5) is 0 Å². The van der Waals surface area contributed by atoms with Crippen molar-refractivity contribution in [1.82, 2.24) is 0 Å². The van der Waals surface area contributed by atoms with Gasteiger partial charge in [0.2, 0.25) is 0 Å². The fourth-order valence-corrected chi connectivity index (χ4v) is 8.77. The summed E-state index contributed by atoms with van der Waals surface area (Å²) in [6.07, 6.45) is 14.2. The van der Waals surface area contributed by atoms with E-state index in [1.165, 1.54) is 23.1 Å². The first-order valence-electron chi connectivity index (χ1n) is 13.2. The molecule has 0 unspecified atom stereocenters. The Labute approximate surface area is 197 Å². The molecule has 0 aromatic rings. The number of hydrogen-bond donors (Lipinski definition) is 2. The zero-order valence-corrected chi connectivity index (χ0v) is 22.0.